The van der Waals surface area contributed by atoms with Crippen molar-refractivity contribution in [3.63, 3.8) is 0 Å². The van der Waals surface area contributed by atoms with Crippen LogP contribution in [0.2, 0.25) is 0 Å². The van der Waals surface area contributed by atoms with Crippen LogP contribution in [-0.2, 0) is 9.53 Å². The van der Waals surface area contributed by atoms with Gasteiger partial charge in [-0.25, -0.2) is 0 Å². The number of hydrogen-bond donors (Lipinski definition) is 0. The van der Waals surface area contributed by atoms with E-state index in [1.807, 2.05) is 13.8 Å². The third kappa shape index (κ3) is 4.07. The van der Waals surface area contributed by atoms with E-state index in [0.29, 0.717) is 6.61 Å². The minimum Gasteiger partial charge on any atom is -0.465 e. The summed E-state index contributed by atoms with van der Waals surface area (Å²) < 4.78 is 5.09. The zero-order valence-corrected chi connectivity index (χ0v) is 9.47. The second kappa shape index (κ2) is 4.82. The minimum absolute atomic E-state index is 0.209. The first-order valence-corrected chi connectivity index (χ1v) is 4.99. The van der Waals surface area contributed by atoms with Crippen LogP contribution in [0.15, 0.2) is 0 Å². The number of ether oxygens (including phenoxy) is 1. The molecule has 70 valence electrons. The zero-order valence-electron chi connectivity index (χ0n) is 7.84. The lowest BCUT2D eigenvalue weighted by molar-refractivity contribution is -0.145. The summed E-state index contributed by atoms with van der Waals surface area (Å²) in [6.45, 7) is 7.64. The van der Waals surface area contributed by atoms with Gasteiger partial charge in [-0.2, -0.15) is 0 Å². The molecule has 0 N–H and O–H groups in total. The summed E-state index contributed by atoms with van der Waals surface area (Å²) in [6, 6.07) is 0. The molecule has 0 fully saturated rings. The maximum Gasteiger partial charge on any atom is 0.322 e. The topological polar surface area (TPSA) is 26.3 Å². The van der Waals surface area contributed by atoms with E-state index in [0.717, 1.165) is 4.20 Å². The van der Waals surface area contributed by atoms with Gasteiger partial charge < -0.3 is 4.74 Å². The molecule has 0 saturated heterocycles. The fraction of sp³-hybridized carbons (Fsp3) is 0.750. The van der Waals surface area contributed by atoms with Crippen molar-refractivity contribution in [2.24, 2.45) is 0 Å². The number of thioether (sulfide) groups is 1. The van der Waals surface area contributed by atoms with Crippen molar-refractivity contribution >= 4 is 34.1 Å². The van der Waals surface area contributed by atoms with Crippen LogP contribution in [0.3, 0.4) is 0 Å². The van der Waals surface area contributed by atoms with Gasteiger partial charge in [-0.05, 0) is 27.7 Å². The summed E-state index contributed by atoms with van der Waals surface area (Å²) in [6.07, 6.45) is 0. The highest BCUT2D eigenvalue weighted by atomic mass is 32.2. The Labute approximate surface area is 83.1 Å². The minimum atomic E-state index is -0.554. The molecule has 0 spiro atoms. The first-order chi connectivity index (χ1) is 5.40. The predicted octanol–water partition coefficient (Wildman–Crippen LogP) is 2.41. The average Bonchev–Trinajstić information content (AvgIpc) is 1.85. The molecule has 0 bridgehead atoms. The van der Waals surface area contributed by atoms with Crippen molar-refractivity contribution in [3.8, 4) is 0 Å². The molecular weight excluding hydrogens is 192 g/mol. The van der Waals surface area contributed by atoms with Gasteiger partial charge in [-0.1, -0.05) is 12.2 Å². The van der Waals surface area contributed by atoms with Crippen LogP contribution in [0.5, 0.6) is 0 Å². The molecule has 0 aliphatic heterocycles. The van der Waals surface area contributed by atoms with Crippen molar-refractivity contribution in [1.82, 2.24) is 0 Å². The number of thiocarbonyl (C=S) groups is 1. The van der Waals surface area contributed by atoms with Gasteiger partial charge in [0.05, 0.1) is 6.61 Å². The summed E-state index contributed by atoms with van der Waals surface area (Å²) in [7, 11) is 0. The van der Waals surface area contributed by atoms with E-state index in [4.69, 9.17) is 17.0 Å². The standard InChI is InChI=1S/C8H14O2S2/c1-5-10-7(9)8(3,4)12-6(2)11/h5H2,1-4H3. The molecule has 0 unspecified atom stereocenters. The first kappa shape index (κ1) is 11.9. The van der Waals surface area contributed by atoms with E-state index in [-0.39, 0.29) is 5.97 Å². The van der Waals surface area contributed by atoms with E-state index < -0.39 is 4.75 Å². The Morgan fingerprint density at radius 2 is 2.08 bits per heavy atom. The molecule has 0 aromatic carbocycles. The normalized spacial score (nSPS) is 11.0. The molecule has 4 heteroatoms. The summed E-state index contributed by atoms with van der Waals surface area (Å²) in [4.78, 5) is 11.3. The Morgan fingerprint density at radius 3 is 2.42 bits per heavy atom. The quantitative estimate of drug-likeness (QED) is 0.523. The molecule has 0 aliphatic carbocycles. The fourth-order valence-corrected chi connectivity index (χ4v) is 2.19. The van der Waals surface area contributed by atoms with Gasteiger partial charge in [0.1, 0.15) is 4.75 Å². The number of carbonyl (C=O) groups excluding carboxylic acids is 1. The molecule has 2 nitrogen and oxygen atoms in total. The van der Waals surface area contributed by atoms with Crippen LogP contribution in [0.1, 0.15) is 27.7 Å². The highest BCUT2D eigenvalue weighted by molar-refractivity contribution is 8.24. The van der Waals surface area contributed by atoms with E-state index >= 15 is 0 Å². The van der Waals surface area contributed by atoms with E-state index in [1.165, 1.54) is 11.8 Å². The van der Waals surface area contributed by atoms with Crippen molar-refractivity contribution in [3.05, 3.63) is 0 Å². The summed E-state index contributed by atoms with van der Waals surface area (Å²) in [5.74, 6) is -0.209. The molecule has 0 rings (SSSR count). The first-order valence-electron chi connectivity index (χ1n) is 3.77. The van der Waals surface area contributed by atoms with Gasteiger partial charge in [-0.3, -0.25) is 4.79 Å². The Balaban J connectivity index is 4.18. The Kier molecular flexibility index (Phi) is 4.78. The zero-order chi connectivity index (χ0) is 9.78. The molecule has 12 heavy (non-hydrogen) atoms. The highest BCUT2D eigenvalue weighted by Crippen LogP contribution is 2.27. The maximum atomic E-state index is 11.3. The largest absolute Gasteiger partial charge is 0.465 e. The van der Waals surface area contributed by atoms with E-state index in [2.05, 4.69) is 0 Å². The molecule has 0 atom stereocenters. The third-order valence-electron chi connectivity index (χ3n) is 1.17. The molecule has 0 heterocycles. The van der Waals surface area contributed by atoms with E-state index in [1.54, 1.807) is 13.8 Å². The maximum absolute atomic E-state index is 11.3. The van der Waals surface area contributed by atoms with Gasteiger partial charge in [0.2, 0.25) is 0 Å². The van der Waals surface area contributed by atoms with Gasteiger partial charge >= 0.3 is 5.97 Å². The second-order valence-electron chi connectivity index (χ2n) is 2.82. The van der Waals surface area contributed by atoms with Gasteiger partial charge in [-0.15, -0.1) is 11.8 Å². The molecular formula is C8H14O2S2. The van der Waals surface area contributed by atoms with Crippen LogP contribution < -0.4 is 0 Å². The number of rotatable bonds is 3. The molecule has 0 saturated carbocycles. The average molecular weight is 206 g/mol. The summed E-state index contributed by atoms with van der Waals surface area (Å²) in [5, 5.41) is 0. The molecule has 0 amide bonds. The lowest BCUT2D eigenvalue weighted by atomic mass is 10.2. The smallest absolute Gasteiger partial charge is 0.322 e. The second-order valence-corrected chi connectivity index (χ2v) is 5.53. The SMILES string of the molecule is CCOC(=O)C(C)(C)SC(C)=S. The lowest BCUT2D eigenvalue weighted by Gasteiger charge is -2.20. The third-order valence-corrected chi connectivity index (χ3v) is 2.38. The molecule has 0 aliphatic rings. The number of carbonyl (C=O) groups is 1. The summed E-state index contributed by atoms with van der Waals surface area (Å²) >= 11 is 6.26. The predicted molar refractivity (Wildman–Crippen MR) is 56.6 cm³/mol. The van der Waals surface area contributed by atoms with Crippen molar-refractivity contribution < 1.29 is 9.53 Å². The van der Waals surface area contributed by atoms with Crippen LogP contribution in [0.25, 0.3) is 0 Å². The van der Waals surface area contributed by atoms with Gasteiger partial charge in [0, 0.05) is 4.20 Å². The molecule has 0 aromatic rings. The lowest BCUT2D eigenvalue weighted by Crippen LogP contribution is -2.30. The monoisotopic (exact) mass is 206 g/mol. The van der Waals surface area contributed by atoms with Crippen LogP contribution >= 0.6 is 24.0 Å². The van der Waals surface area contributed by atoms with Crippen molar-refractivity contribution in [1.29, 1.82) is 0 Å². The van der Waals surface area contributed by atoms with Gasteiger partial charge in [0.15, 0.2) is 0 Å². The van der Waals surface area contributed by atoms with Crippen LogP contribution in [0, 0.1) is 0 Å². The Hall–Kier alpha value is -0.0900. The Morgan fingerprint density at radius 1 is 1.58 bits per heavy atom. The van der Waals surface area contributed by atoms with Crippen LogP contribution in [-0.4, -0.2) is 21.5 Å². The number of hydrogen-bond acceptors (Lipinski definition) is 4. The summed E-state index contributed by atoms with van der Waals surface area (Å²) in [5.41, 5.74) is 0. The fourth-order valence-electron chi connectivity index (χ4n) is 0.706. The van der Waals surface area contributed by atoms with Gasteiger partial charge in [0.25, 0.3) is 0 Å². The van der Waals surface area contributed by atoms with E-state index in [9.17, 15) is 4.79 Å². The Bertz CT molecular complexity index is 187. The molecule has 0 radical (unpaired) electrons. The molecule has 0 aromatic heterocycles. The number of esters is 1. The van der Waals surface area contributed by atoms with Crippen molar-refractivity contribution in [2.75, 3.05) is 6.61 Å². The highest BCUT2D eigenvalue weighted by Gasteiger charge is 2.30. The van der Waals surface area contributed by atoms with Crippen LogP contribution in [0.4, 0.5) is 0 Å². The van der Waals surface area contributed by atoms with Crippen molar-refractivity contribution in [2.45, 2.75) is 32.4 Å².